The molecule has 2 heteroatoms. The molecule has 0 saturated heterocycles. The van der Waals surface area contributed by atoms with Crippen LogP contribution in [-0.2, 0) is 0 Å². The third-order valence-electron chi connectivity index (χ3n) is 4.17. The fourth-order valence-electron chi connectivity index (χ4n) is 2.95. The van der Waals surface area contributed by atoms with E-state index in [0.717, 1.165) is 27.6 Å². The van der Waals surface area contributed by atoms with Crippen molar-refractivity contribution in [3.63, 3.8) is 0 Å². The smallest absolute Gasteiger partial charge is 0.256 e. The highest BCUT2D eigenvalue weighted by atomic mass is 16.1. The van der Waals surface area contributed by atoms with Gasteiger partial charge in [-0.25, -0.2) is 0 Å². The van der Waals surface area contributed by atoms with Crippen molar-refractivity contribution in [2.24, 2.45) is 0 Å². The molecule has 22 heavy (non-hydrogen) atoms. The lowest BCUT2D eigenvalue weighted by atomic mass is 10.0. The van der Waals surface area contributed by atoms with E-state index in [1.165, 1.54) is 10.8 Å². The minimum atomic E-state index is -0.0376. The van der Waals surface area contributed by atoms with E-state index in [2.05, 4.69) is 41.4 Å². The molecule has 3 aromatic carbocycles. The highest BCUT2D eigenvalue weighted by Crippen LogP contribution is 2.25. The first-order valence-electron chi connectivity index (χ1n) is 7.34. The Hall–Kier alpha value is -2.87. The standard InChI is InChI=1S/C20H15NO/c1-13-5-4-8-17-18(13)12-19(21-20(17)22)16-10-9-14-6-2-3-7-15(14)11-16/h2-12H,1H3,(H,21,22). The van der Waals surface area contributed by atoms with Crippen LogP contribution in [0.5, 0.6) is 0 Å². The molecule has 0 amide bonds. The summed E-state index contributed by atoms with van der Waals surface area (Å²) < 4.78 is 0. The number of hydrogen-bond acceptors (Lipinski definition) is 1. The van der Waals surface area contributed by atoms with Gasteiger partial charge in [-0.2, -0.15) is 0 Å². The van der Waals surface area contributed by atoms with Crippen molar-refractivity contribution in [3.8, 4) is 11.3 Å². The summed E-state index contributed by atoms with van der Waals surface area (Å²) in [6, 6.07) is 22.4. The molecule has 0 bridgehead atoms. The summed E-state index contributed by atoms with van der Waals surface area (Å²) in [4.78, 5) is 15.3. The third-order valence-corrected chi connectivity index (χ3v) is 4.17. The molecule has 106 valence electrons. The number of pyridine rings is 1. The topological polar surface area (TPSA) is 32.9 Å². The van der Waals surface area contributed by atoms with Gasteiger partial charge in [0, 0.05) is 11.1 Å². The molecule has 4 aromatic rings. The maximum Gasteiger partial charge on any atom is 0.256 e. The Morgan fingerprint density at radius 3 is 2.45 bits per heavy atom. The molecule has 0 atom stereocenters. The van der Waals surface area contributed by atoms with Gasteiger partial charge in [0.05, 0.1) is 0 Å². The van der Waals surface area contributed by atoms with Gasteiger partial charge in [-0.15, -0.1) is 0 Å². The van der Waals surface area contributed by atoms with Crippen LogP contribution in [0.15, 0.2) is 71.5 Å². The summed E-state index contributed by atoms with van der Waals surface area (Å²) in [5.41, 5.74) is 2.97. The number of fused-ring (bicyclic) bond motifs is 2. The van der Waals surface area contributed by atoms with Crippen LogP contribution in [0.25, 0.3) is 32.8 Å². The monoisotopic (exact) mass is 285 g/mol. The molecule has 0 spiro atoms. The SMILES string of the molecule is Cc1cccc2c(=O)[nH]c(-c3ccc4ccccc4c3)cc12. The Bertz CT molecular complexity index is 1060. The zero-order valence-corrected chi connectivity index (χ0v) is 12.3. The van der Waals surface area contributed by atoms with E-state index in [-0.39, 0.29) is 5.56 Å². The maximum atomic E-state index is 12.3. The summed E-state index contributed by atoms with van der Waals surface area (Å²) in [5.74, 6) is 0. The van der Waals surface area contributed by atoms with Crippen LogP contribution in [0.3, 0.4) is 0 Å². The maximum absolute atomic E-state index is 12.3. The largest absolute Gasteiger partial charge is 0.321 e. The molecular weight excluding hydrogens is 270 g/mol. The van der Waals surface area contributed by atoms with Gasteiger partial charge in [0.1, 0.15) is 0 Å². The Morgan fingerprint density at radius 1 is 0.773 bits per heavy atom. The second-order valence-electron chi connectivity index (χ2n) is 5.61. The molecule has 1 heterocycles. The average Bonchev–Trinajstić information content (AvgIpc) is 2.55. The van der Waals surface area contributed by atoms with Gasteiger partial charge in [-0.05, 0) is 52.4 Å². The summed E-state index contributed by atoms with van der Waals surface area (Å²) in [7, 11) is 0. The Kier molecular flexibility index (Phi) is 2.83. The molecule has 2 nitrogen and oxygen atoms in total. The average molecular weight is 285 g/mol. The van der Waals surface area contributed by atoms with Crippen LogP contribution in [0.2, 0.25) is 0 Å². The van der Waals surface area contributed by atoms with Crippen LogP contribution >= 0.6 is 0 Å². The highest BCUT2D eigenvalue weighted by molar-refractivity contribution is 5.90. The van der Waals surface area contributed by atoms with E-state index in [0.29, 0.717) is 0 Å². The van der Waals surface area contributed by atoms with E-state index < -0.39 is 0 Å². The Balaban J connectivity index is 1.99. The molecule has 0 saturated carbocycles. The lowest BCUT2D eigenvalue weighted by Gasteiger charge is -2.07. The number of aryl methyl sites for hydroxylation is 1. The van der Waals surface area contributed by atoms with Gasteiger partial charge in [-0.3, -0.25) is 4.79 Å². The third kappa shape index (κ3) is 2.01. The van der Waals surface area contributed by atoms with Crippen molar-refractivity contribution in [1.29, 1.82) is 0 Å². The number of nitrogens with one attached hydrogen (secondary N) is 1. The minimum absolute atomic E-state index is 0.0376. The van der Waals surface area contributed by atoms with Gasteiger partial charge < -0.3 is 4.98 Å². The zero-order chi connectivity index (χ0) is 15.1. The fraction of sp³-hybridized carbons (Fsp3) is 0.0500. The van der Waals surface area contributed by atoms with Gasteiger partial charge >= 0.3 is 0 Å². The lowest BCUT2D eigenvalue weighted by Crippen LogP contribution is -2.07. The first-order valence-corrected chi connectivity index (χ1v) is 7.34. The fourth-order valence-corrected chi connectivity index (χ4v) is 2.95. The van der Waals surface area contributed by atoms with Crippen molar-refractivity contribution in [3.05, 3.63) is 82.6 Å². The molecule has 4 rings (SSSR count). The normalized spacial score (nSPS) is 11.1. The van der Waals surface area contributed by atoms with Gasteiger partial charge in [0.15, 0.2) is 0 Å². The van der Waals surface area contributed by atoms with Crippen LogP contribution in [0.1, 0.15) is 5.56 Å². The summed E-state index contributed by atoms with van der Waals surface area (Å²) in [6.45, 7) is 2.03. The van der Waals surface area contributed by atoms with Crippen molar-refractivity contribution < 1.29 is 0 Å². The predicted molar refractivity (Wildman–Crippen MR) is 92.2 cm³/mol. The second-order valence-corrected chi connectivity index (χ2v) is 5.61. The molecule has 0 aliphatic carbocycles. The van der Waals surface area contributed by atoms with Crippen LogP contribution in [0, 0.1) is 6.92 Å². The Morgan fingerprint density at radius 2 is 1.59 bits per heavy atom. The molecule has 1 N–H and O–H groups in total. The molecular formula is C20H15NO. The van der Waals surface area contributed by atoms with Crippen LogP contribution < -0.4 is 5.56 Å². The summed E-state index contributed by atoms with van der Waals surface area (Å²) in [5, 5.41) is 4.12. The molecule has 0 fully saturated rings. The number of aromatic amines is 1. The first-order chi connectivity index (χ1) is 10.7. The molecule has 0 unspecified atom stereocenters. The number of rotatable bonds is 1. The van der Waals surface area contributed by atoms with E-state index >= 15 is 0 Å². The number of H-pyrrole nitrogens is 1. The van der Waals surface area contributed by atoms with Crippen LogP contribution in [-0.4, -0.2) is 4.98 Å². The van der Waals surface area contributed by atoms with Crippen LogP contribution in [0.4, 0.5) is 0 Å². The van der Waals surface area contributed by atoms with Crippen molar-refractivity contribution in [2.45, 2.75) is 6.92 Å². The molecule has 0 aliphatic rings. The van der Waals surface area contributed by atoms with Gasteiger partial charge in [0.25, 0.3) is 5.56 Å². The molecule has 0 radical (unpaired) electrons. The molecule has 0 aliphatic heterocycles. The Labute approximate surface area is 128 Å². The first kappa shape index (κ1) is 12.8. The van der Waals surface area contributed by atoms with E-state index in [1.807, 2.05) is 37.3 Å². The van der Waals surface area contributed by atoms with E-state index in [4.69, 9.17) is 0 Å². The predicted octanol–water partition coefficient (Wildman–Crippen LogP) is 4.66. The highest BCUT2D eigenvalue weighted by Gasteiger charge is 2.06. The summed E-state index contributed by atoms with van der Waals surface area (Å²) >= 11 is 0. The molecule has 1 aromatic heterocycles. The number of hydrogen-bond donors (Lipinski definition) is 1. The van der Waals surface area contributed by atoms with Gasteiger partial charge in [-0.1, -0.05) is 48.5 Å². The number of aromatic nitrogens is 1. The second kappa shape index (κ2) is 4.85. The minimum Gasteiger partial charge on any atom is -0.321 e. The quantitative estimate of drug-likeness (QED) is 0.542. The zero-order valence-electron chi connectivity index (χ0n) is 12.3. The van der Waals surface area contributed by atoms with Gasteiger partial charge in [0.2, 0.25) is 0 Å². The van der Waals surface area contributed by atoms with Crippen molar-refractivity contribution >= 4 is 21.5 Å². The summed E-state index contributed by atoms with van der Waals surface area (Å²) in [6.07, 6.45) is 0. The number of benzene rings is 3. The van der Waals surface area contributed by atoms with E-state index in [9.17, 15) is 4.79 Å². The van der Waals surface area contributed by atoms with E-state index in [1.54, 1.807) is 0 Å². The van der Waals surface area contributed by atoms with Crippen molar-refractivity contribution in [1.82, 2.24) is 4.98 Å². The lowest BCUT2D eigenvalue weighted by molar-refractivity contribution is 1.27. The van der Waals surface area contributed by atoms with Crippen molar-refractivity contribution in [2.75, 3.05) is 0 Å².